The van der Waals surface area contributed by atoms with Crippen molar-refractivity contribution in [3.63, 3.8) is 0 Å². The number of nitrogens with two attached hydrogens (primary N) is 1. The summed E-state index contributed by atoms with van der Waals surface area (Å²) < 4.78 is 6.41. The highest BCUT2D eigenvalue weighted by Crippen LogP contribution is 2.26. The van der Waals surface area contributed by atoms with Gasteiger partial charge in [0.05, 0.1) is 12.7 Å². The van der Waals surface area contributed by atoms with Crippen LogP contribution in [-0.4, -0.2) is 65.7 Å². The number of carboxylic acid groups (broad SMARTS) is 2. The Morgan fingerprint density at radius 1 is 1.38 bits per heavy atom. The third kappa shape index (κ3) is 5.75. The summed E-state index contributed by atoms with van der Waals surface area (Å²) in [6, 6.07) is 0. The molecule has 0 aliphatic carbocycles. The maximum Gasteiger partial charge on any atom is 0.354 e. The van der Waals surface area contributed by atoms with E-state index in [1.807, 2.05) is 0 Å². The fourth-order valence-electron chi connectivity index (χ4n) is 1.75. The van der Waals surface area contributed by atoms with Crippen LogP contribution in [0.5, 0.6) is 0 Å². The first kappa shape index (κ1) is 19.2. The highest BCUT2D eigenvalue weighted by atomic mass is 16.5. The second-order valence-electron chi connectivity index (χ2n) is 4.53. The van der Waals surface area contributed by atoms with Gasteiger partial charge >= 0.3 is 17.6 Å². The van der Waals surface area contributed by atoms with Gasteiger partial charge in [-0.25, -0.2) is 19.4 Å². The van der Waals surface area contributed by atoms with E-state index in [1.165, 1.54) is 6.33 Å². The molecule has 1 aliphatic rings. The van der Waals surface area contributed by atoms with Crippen molar-refractivity contribution < 1.29 is 34.8 Å². The molecule has 0 amide bonds. The van der Waals surface area contributed by atoms with Gasteiger partial charge in [0.1, 0.15) is 18.7 Å². The smallest absolute Gasteiger partial charge is 0.354 e. The van der Waals surface area contributed by atoms with E-state index >= 15 is 0 Å². The van der Waals surface area contributed by atoms with Crippen LogP contribution >= 0.6 is 0 Å². The number of nitrogen functional groups attached to an aromatic ring is 1. The molecule has 1 fully saturated rings. The molecule has 2 heterocycles. The summed E-state index contributed by atoms with van der Waals surface area (Å²) in [4.78, 5) is 37.7. The number of carbonyl (C=O) groups is 2. The number of aliphatic hydroxyl groups excluding tert-OH is 2. The Labute approximate surface area is 134 Å². The summed E-state index contributed by atoms with van der Waals surface area (Å²) in [5, 5.41) is 34.0. The predicted molar refractivity (Wildman–Crippen MR) is 76.7 cm³/mol. The average molecular weight is 344 g/mol. The van der Waals surface area contributed by atoms with Gasteiger partial charge < -0.3 is 30.9 Å². The third-order valence-corrected chi connectivity index (χ3v) is 2.81. The van der Waals surface area contributed by atoms with E-state index in [4.69, 9.17) is 25.8 Å². The van der Waals surface area contributed by atoms with Crippen molar-refractivity contribution >= 4 is 17.9 Å². The van der Waals surface area contributed by atoms with Gasteiger partial charge in [-0.3, -0.25) is 4.57 Å². The molecule has 0 unspecified atom stereocenters. The molecule has 1 saturated heterocycles. The molecule has 6 N–H and O–H groups in total. The number of hydrogen-bond donors (Lipinski definition) is 5. The summed E-state index contributed by atoms with van der Waals surface area (Å²) in [6.07, 6.45) is 0.374. The van der Waals surface area contributed by atoms with Crippen molar-refractivity contribution in [3.8, 4) is 0 Å². The molecule has 12 nitrogen and oxygen atoms in total. The summed E-state index contributed by atoms with van der Waals surface area (Å²) in [7, 11) is 0. The number of carboxylic acids is 2. The van der Waals surface area contributed by atoms with E-state index in [1.54, 1.807) is 0 Å². The van der Waals surface area contributed by atoms with Gasteiger partial charge in [0.15, 0.2) is 0 Å². The summed E-state index contributed by atoms with van der Waals surface area (Å²) >= 11 is 0. The lowest BCUT2D eigenvalue weighted by atomic mass is 10.2. The Balaban J connectivity index is 0.000000307. The Bertz CT molecular complexity index is 657. The average Bonchev–Trinajstić information content (AvgIpc) is 2.86. The Morgan fingerprint density at radius 2 is 1.96 bits per heavy atom. The Hall–Kier alpha value is -2.83. The van der Waals surface area contributed by atoms with Crippen molar-refractivity contribution in [2.45, 2.75) is 24.9 Å². The molecule has 3 atom stereocenters. The maximum atomic E-state index is 11.4. The van der Waals surface area contributed by atoms with Crippen LogP contribution in [0.3, 0.4) is 0 Å². The minimum atomic E-state index is -1.26. The molecule has 24 heavy (non-hydrogen) atoms. The van der Waals surface area contributed by atoms with Gasteiger partial charge in [0.25, 0.3) is 0 Å². The zero-order valence-electron chi connectivity index (χ0n) is 12.2. The van der Waals surface area contributed by atoms with Crippen molar-refractivity contribution in [1.29, 1.82) is 0 Å². The number of aliphatic carboxylic acids is 2. The lowest BCUT2D eigenvalue weighted by Gasteiger charge is -2.13. The lowest BCUT2D eigenvalue weighted by molar-refractivity contribution is -0.134. The summed E-state index contributed by atoms with van der Waals surface area (Å²) in [6.45, 7) is -0.303. The van der Waals surface area contributed by atoms with Gasteiger partial charge in [-0.1, -0.05) is 0 Å². The molecule has 1 aromatic heterocycles. The third-order valence-electron chi connectivity index (χ3n) is 2.81. The van der Waals surface area contributed by atoms with Crippen LogP contribution in [0.15, 0.2) is 23.3 Å². The van der Waals surface area contributed by atoms with Gasteiger partial charge in [-0.2, -0.15) is 4.98 Å². The number of rotatable bonds is 4. The zero-order valence-corrected chi connectivity index (χ0v) is 12.2. The van der Waals surface area contributed by atoms with E-state index in [-0.39, 0.29) is 19.0 Å². The van der Waals surface area contributed by atoms with E-state index < -0.39 is 36.1 Å². The topological polar surface area (TPSA) is 198 Å². The normalized spacial score (nSPS) is 22.8. The molecule has 2 rings (SSSR count). The molecule has 1 aromatic rings. The van der Waals surface area contributed by atoms with Crippen molar-refractivity contribution in [3.05, 3.63) is 29.0 Å². The van der Waals surface area contributed by atoms with E-state index in [0.29, 0.717) is 12.2 Å². The molecule has 0 saturated carbocycles. The van der Waals surface area contributed by atoms with Crippen LogP contribution in [0, 0.1) is 0 Å². The van der Waals surface area contributed by atoms with Crippen LogP contribution in [0.2, 0.25) is 0 Å². The largest absolute Gasteiger partial charge is 0.478 e. The molecule has 12 heteroatoms. The number of aliphatic hydroxyl groups is 2. The molecule has 1 aliphatic heterocycles. The first-order chi connectivity index (χ1) is 11.2. The second-order valence-corrected chi connectivity index (χ2v) is 4.53. The van der Waals surface area contributed by atoms with Crippen LogP contribution < -0.4 is 11.4 Å². The highest BCUT2D eigenvalue weighted by Gasteiger charge is 2.35. The molecule has 132 valence electrons. The summed E-state index contributed by atoms with van der Waals surface area (Å²) in [5.41, 5.74) is 4.65. The first-order valence-corrected chi connectivity index (χ1v) is 6.53. The first-order valence-electron chi connectivity index (χ1n) is 6.53. The fourth-order valence-corrected chi connectivity index (χ4v) is 1.75. The van der Waals surface area contributed by atoms with Gasteiger partial charge in [0.2, 0.25) is 5.95 Å². The van der Waals surface area contributed by atoms with Crippen LogP contribution in [0.25, 0.3) is 0 Å². The summed E-state index contributed by atoms with van der Waals surface area (Å²) in [5.74, 6) is -2.63. The SMILES string of the molecule is Nc1ncn([C@H]2C[C@H](O)[C@@H](CO)O2)c(=O)n1.O=C(O)C=CC(=O)O. The molecule has 0 radical (unpaired) electrons. The van der Waals surface area contributed by atoms with Crippen LogP contribution in [0.4, 0.5) is 5.95 Å². The van der Waals surface area contributed by atoms with Gasteiger partial charge in [-0.15, -0.1) is 0 Å². The number of aromatic nitrogens is 3. The van der Waals surface area contributed by atoms with Crippen LogP contribution in [-0.2, 0) is 14.3 Å². The number of hydrogen-bond acceptors (Lipinski definition) is 9. The minimum absolute atomic E-state index is 0.112. The molecule has 0 spiro atoms. The maximum absolute atomic E-state index is 11.4. The molecule has 0 aromatic carbocycles. The van der Waals surface area contributed by atoms with Gasteiger partial charge in [-0.05, 0) is 0 Å². The van der Waals surface area contributed by atoms with E-state index in [2.05, 4.69) is 9.97 Å². The van der Waals surface area contributed by atoms with E-state index in [0.717, 1.165) is 4.57 Å². The monoisotopic (exact) mass is 344 g/mol. The standard InChI is InChI=1S/C8H12N4O4.C4H4O4/c9-7-10-3-12(8(15)11-7)6-1-4(14)5(2-13)16-6;5-3(6)1-2-4(7)8/h3-6,13-14H,1-2H2,(H2,9,11,15);1-2H,(H,5,6)(H,7,8)/t4-,5+,6+;/m0./s1. The van der Waals surface area contributed by atoms with Crippen molar-refractivity contribution in [1.82, 2.24) is 14.5 Å². The predicted octanol–water partition coefficient (Wildman–Crippen LogP) is -2.43. The highest BCUT2D eigenvalue weighted by molar-refractivity contribution is 5.89. The Kier molecular flexibility index (Phi) is 6.98. The number of anilines is 1. The molecular formula is C12H16N4O8. The van der Waals surface area contributed by atoms with Gasteiger partial charge in [0, 0.05) is 18.6 Å². The quantitative estimate of drug-likeness (QED) is 0.364. The number of ether oxygens (including phenoxy) is 1. The minimum Gasteiger partial charge on any atom is -0.478 e. The zero-order chi connectivity index (χ0) is 18.3. The fraction of sp³-hybridized carbons (Fsp3) is 0.417. The van der Waals surface area contributed by atoms with Crippen LogP contribution in [0.1, 0.15) is 12.6 Å². The number of nitrogens with zero attached hydrogens (tertiary/aromatic N) is 3. The second kappa shape index (κ2) is 8.71. The van der Waals surface area contributed by atoms with E-state index in [9.17, 15) is 19.5 Å². The molecule has 0 bridgehead atoms. The van der Waals surface area contributed by atoms with Crippen molar-refractivity contribution in [2.24, 2.45) is 0 Å². The Morgan fingerprint density at radius 3 is 2.38 bits per heavy atom. The molecular weight excluding hydrogens is 328 g/mol. The lowest BCUT2D eigenvalue weighted by Crippen LogP contribution is -2.28. The van der Waals surface area contributed by atoms with Crippen molar-refractivity contribution in [2.75, 3.05) is 12.3 Å².